The van der Waals surface area contributed by atoms with Crippen molar-refractivity contribution in [2.45, 2.75) is 18.9 Å². The fourth-order valence-electron chi connectivity index (χ4n) is 2.52. The standard InChI is InChI=1S/C18H19N3O2/c1-23-18(22)16(9-13-4-2-5-14(8-13)11-19)17(20)10-15-6-3-7-21-12-15/h2-8,12,16-17H,9-10,20H2,1H3. The smallest absolute Gasteiger partial charge is 0.310 e. The van der Waals surface area contributed by atoms with Crippen LogP contribution in [-0.2, 0) is 22.4 Å². The van der Waals surface area contributed by atoms with Gasteiger partial charge in [-0.25, -0.2) is 0 Å². The van der Waals surface area contributed by atoms with Gasteiger partial charge in [-0.15, -0.1) is 0 Å². The van der Waals surface area contributed by atoms with Crippen molar-refractivity contribution in [3.05, 3.63) is 65.5 Å². The molecule has 0 aliphatic rings. The van der Waals surface area contributed by atoms with Crippen LogP contribution in [-0.4, -0.2) is 24.1 Å². The van der Waals surface area contributed by atoms with E-state index in [4.69, 9.17) is 15.7 Å². The maximum atomic E-state index is 12.1. The summed E-state index contributed by atoms with van der Waals surface area (Å²) in [5.41, 5.74) is 8.68. The molecule has 0 fully saturated rings. The number of hydrogen-bond donors (Lipinski definition) is 1. The molecule has 2 aromatic rings. The molecule has 0 radical (unpaired) electrons. The lowest BCUT2D eigenvalue weighted by Gasteiger charge is -2.22. The van der Waals surface area contributed by atoms with Crippen LogP contribution in [0.2, 0.25) is 0 Å². The summed E-state index contributed by atoms with van der Waals surface area (Å²) >= 11 is 0. The summed E-state index contributed by atoms with van der Waals surface area (Å²) in [6.45, 7) is 0. The Labute approximate surface area is 135 Å². The maximum absolute atomic E-state index is 12.1. The van der Waals surface area contributed by atoms with Crippen molar-refractivity contribution in [3.63, 3.8) is 0 Å². The van der Waals surface area contributed by atoms with Gasteiger partial charge in [0.2, 0.25) is 0 Å². The Hall–Kier alpha value is -2.71. The van der Waals surface area contributed by atoms with Crippen LogP contribution in [0.5, 0.6) is 0 Å². The van der Waals surface area contributed by atoms with Crippen LogP contribution in [0.15, 0.2) is 48.8 Å². The molecule has 2 N–H and O–H groups in total. The maximum Gasteiger partial charge on any atom is 0.310 e. The molecular weight excluding hydrogens is 290 g/mol. The molecule has 2 rings (SSSR count). The first-order valence-corrected chi connectivity index (χ1v) is 7.35. The first-order valence-electron chi connectivity index (χ1n) is 7.35. The lowest BCUT2D eigenvalue weighted by Crippen LogP contribution is -2.39. The van der Waals surface area contributed by atoms with Gasteiger partial charge in [0.25, 0.3) is 0 Å². The van der Waals surface area contributed by atoms with Crippen molar-refractivity contribution in [2.75, 3.05) is 7.11 Å². The third-order valence-corrected chi connectivity index (χ3v) is 3.73. The number of nitrogens with two attached hydrogens (primary N) is 1. The number of hydrogen-bond acceptors (Lipinski definition) is 5. The Morgan fingerprint density at radius 2 is 2.09 bits per heavy atom. The lowest BCUT2D eigenvalue weighted by molar-refractivity contribution is -0.146. The quantitative estimate of drug-likeness (QED) is 0.823. The zero-order chi connectivity index (χ0) is 16.7. The summed E-state index contributed by atoms with van der Waals surface area (Å²) in [6.07, 6.45) is 4.40. The monoisotopic (exact) mass is 309 g/mol. The van der Waals surface area contributed by atoms with Crippen molar-refractivity contribution in [1.82, 2.24) is 4.98 Å². The average Bonchev–Trinajstić information content (AvgIpc) is 2.60. The topological polar surface area (TPSA) is 89.0 Å². The molecule has 0 spiro atoms. The van der Waals surface area contributed by atoms with E-state index in [0.717, 1.165) is 11.1 Å². The van der Waals surface area contributed by atoms with Gasteiger partial charge in [-0.05, 0) is 42.2 Å². The molecular formula is C18H19N3O2. The number of carbonyl (C=O) groups is 1. The van der Waals surface area contributed by atoms with Crippen molar-refractivity contribution in [3.8, 4) is 6.07 Å². The summed E-state index contributed by atoms with van der Waals surface area (Å²) in [5.74, 6) is -0.821. The van der Waals surface area contributed by atoms with E-state index in [-0.39, 0.29) is 5.97 Å². The highest BCUT2D eigenvalue weighted by Crippen LogP contribution is 2.17. The van der Waals surface area contributed by atoms with E-state index < -0.39 is 12.0 Å². The Morgan fingerprint density at radius 1 is 1.30 bits per heavy atom. The molecule has 23 heavy (non-hydrogen) atoms. The molecule has 2 unspecified atom stereocenters. The Balaban J connectivity index is 2.16. The Kier molecular flexibility index (Phi) is 5.84. The largest absolute Gasteiger partial charge is 0.469 e. The summed E-state index contributed by atoms with van der Waals surface area (Å²) in [5, 5.41) is 8.98. The van der Waals surface area contributed by atoms with Gasteiger partial charge in [0, 0.05) is 18.4 Å². The second kappa shape index (κ2) is 8.06. The van der Waals surface area contributed by atoms with Gasteiger partial charge in [-0.2, -0.15) is 5.26 Å². The number of esters is 1. The molecule has 5 heteroatoms. The fourth-order valence-corrected chi connectivity index (χ4v) is 2.52. The molecule has 5 nitrogen and oxygen atoms in total. The minimum Gasteiger partial charge on any atom is -0.469 e. The number of methoxy groups -OCH3 is 1. The second-order valence-electron chi connectivity index (χ2n) is 5.38. The van der Waals surface area contributed by atoms with E-state index in [9.17, 15) is 4.79 Å². The number of nitriles is 1. The molecule has 1 aromatic carbocycles. The van der Waals surface area contributed by atoms with Crippen LogP contribution < -0.4 is 5.73 Å². The summed E-state index contributed by atoms with van der Waals surface area (Å²) in [6, 6.07) is 12.7. The van der Waals surface area contributed by atoms with Gasteiger partial charge >= 0.3 is 5.97 Å². The van der Waals surface area contributed by atoms with Crippen LogP contribution >= 0.6 is 0 Å². The van der Waals surface area contributed by atoms with Crippen LogP contribution in [0.25, 0.3) is 0 Å². The minimum atomic E-state index is -0.478. The highest BCUT2D eigenvalue weighted by Gasteiger charge is 2.27. The number of carbonyl (C=O) groups excluding carboxylic acids is 1. The zero-order valence-corrected chi connectivity index (χ0v) is 13.0. The SMILES string of the molecule is COC(=O)C(Cc1cccc(C#N)c1)C(N)Cc1cccnc1. The van der Waals surface area contributed by atoms with E-state index in [0.29, 0.717) is 18.4 Å². The number of aromatic nitrogens is 1. The first kappa shape index (κ1) is 16.7. The van der Waals surface area contributed by atoms with E-state index >= 15 is 0 Å². The number of nitrogens with zero attached hydrogens (tertiary/aromatic N) is 2. The minimum absolute atomic E-state index is 0.344. The summed E-state index contributed by atoms with van der Waals surface area (Å²) in [7, 11) is 1.36. The van der Waals surface area contributed by atoms with E-state index in [1.165, 1.54) is 7.11 Å². The van der Waals surface area contributed by atoms with Gasteiger partial charge < -0.3 is 10.5 Å². The number of rotatable bonds is 6. The molecule has 1 aromatic heterocycles. The molecule has 0 saturated carbocycles. The van der Waals surface area contributed by atoms with Gasteiger partial charge in [0.15, 0.2) is 0 Å². The molecule has 0 amide bonds. The average molecular weight is 309 g/mol. The van der Waals surface area contributed by atoms with E-state index in [1.54, 1.807) is 30.6 Å². The molecule has 2 atom stereocenters. The third-order valence-electron chi connectivity index (χ3n) is 3.73. The Bertz CT molecular complexity index is 695. The predicted molar refractivity (Wildman–Crippen MR) is 86.3 cm³/mol. The zero-order valence-electron chi connectivity index (χ0n) is 13.0. The van der Waals surface area contributed by atoms with E-state index in [2.05, 4.69) is 11.1 Å². The van der Waals surface area contributed by atoms with Gasteiger partial charge in [-0.1, -0.05) is 18.2 Å². The van der Waals surface area contributed by atoms with Gasteiger partial charge in [0.05, 0.1) is 24.7 Å². The normalized spacial score (nSPS) is 12.9. The molecule has 118 valence electrons. The predicted octanol–water partition coefficient (Wildman–Crippen LogP) is 1.85. The molecule has 0 saturated heterocycles. The highest BCUT2D eigenvalue weighted by molar-refractivity contribution is 5.73. The van der Waals surface area contributed by atoms with Crippen LogP contribution in [0.1, 0.15) is 16.7 Å². The van der Waals surface area contributed by atoms with E-state index in [1.807, 2.05) is 18.2 Å². The number of pyridine rings is 1. The van der Waals surface area contributed by atoms with Gasteiger partial charge in [-0.3, -0.25) is 9.78 Å². The summed E-state index contributed by atoms with van der Waals surface area (Å²) < 4.78 is 4.90. The van der Waals surface area contributed by atoms with Crippen molar-refractivity contribution < 1.29 is 9.53 Å². The highest BCUT2D eigenvalue weighted by atomic mass is 16.5. The van der Waals surface area contributed by atoms with Crippen molar-refractivity contribution in [1.29, 1.82) is 5.26 Å². The second-order valence-corrected chi connectivity index (χ2v) is 5.38. The molecule has 0 bridgehead atoms. The van der Waals surface area contributed by atoms with Crippen molar-refractivity contribution in [2.24, 2.45) is 11.7 Å². The number of ether oxygens (including phenoxy) is 1. The summed E-state index contributed by atoms with van der Waals surface area (Å²) in [4.78, 5) is 16.2. The fraction of sp³-hybridized carbons (Fsp3) is 0.278. The van der Waals surface area contributed by atoms with Crippen molar-refractivity contribution >= 4 is 5.97 Å². The van der Waals surface area contributed by atoms with Crippen LogP contribution in [0.4, 0.5) is 0 Å². The van der Waals surface area contributed by atoms with Crippen LogP contribution in [0, 0.1) is 17.2 Å². The lowest BCUT2D eigenvalue weighted by atomic mass is 9.88. The Morgan fingerprint density at radius 3 is 2.74 bits per heavy atom. The number of benzene rings is 1. The molecule has 0 aliphatic heterocycles. The van der Waals surface area contributed by atoms with Crippen LogP contribution in [0.3, 0.4) is 0 Å². The van der Waals surface area contributed by atoms with Gasteiger partial charge in [0.1, 0.15) is 0 Å². The molecule has 1 heterocycles. The third kappa shape index (κ3) is 4.63. The first-order chi connectivity index (χ1) is 11.1. The molecule has 0 aliphatic carbocycles.